The maximum Gasteiger partial charge on any atom is 0.342 e. The summed E-state index contributed by atoms with van der Waals surface area (Å²) in [7, 11) is 0. The van der Waals surface area contributed by atoms with Gasteiger partial charge in [-0.3, -0.25) is 10.1 Å². The van der Waals surface area contributed by atoms with E-state index >= 15 is 0 Å². The molecule has 7 heteroatoms. The number of carbonyl (C=O) groups is 1. The number of halogens is 1. The van der Waals surface area contributed by atoms with E-state index in [9.17, 15) is 14.9 Å². The van der Waals surface area contributed by atoms with Crippen LogP contribution in [0, 0.1) is 24.0 Å². The monoisotopic (exact) mass is 334 g/mol. The van der Waals surface area contributed by atoms with Gasteiger partial charge in [-0.2, -0.15) is 0 Å². The first-order valence-electron chi connectivity index (χ1n) is 6.88. The summed E-state index contributed by atoms with van der Waals surface area (Å²) in [4.78, 5) is 26.7. The summed E-state index contributed by atoms with van der Waals surface area (Å²) in [6.45, 7) is 5.16. The first-order chi connectivity index (χ1) is 10.8. The van der Waals surface area contributed by atoms with Gasteiger partial charge in [0.25, 0.3) is 5.69 Å². The molecule has 0 radical (unpaired) electrons. The van der Waals surface area contributed by atoms with E-state index in [2.05, 4.69) is 4.98 Å². The van der Waals surface area contributed by atoms with Gasteiger partial charge in [0.1, 0.15) is 11.3 Å². The van der Waals surface area contributed by atoms with Gasteiger partial charge in [-0.25, -0.2) is 9.78 Å². The minimum Gasteiger partial charge on any atom is -0.454 e. The van der Waals surface area contributed by atoms with E-state index in [0.717, 1.165) is 0 Å². The number of pyridine rings is 1. The number of esters is 1. The Morgan fingerprint density at radius 2 is 2.04 bits per heavy atom. The summed E-state index contributed by atoms with van der Waals surface area (Å²) < 4.78 is 5.37. The zero-order chi connectivity index (χ0) is 17.1. The highest BCUT2D eigenvalue weighted by Gasteiger charge is 2.21. The molecule has 2 aromatic rings. The van der Waals surface area contributed by atoms with Crippen LogP contribution in [0.15, 0.2) is 30.3 Å². The Morgan fingerprint density at radius 1 is 1.35 bits per heavy atom. The summed E-state index contributed by atoms with van der Waals surface area (Å²) in [5, 5.41) is 10.9. The quantitative estimate of drug-likeness (QED) is 0.362. The smallest absolute Gasteiger partial charge is 0.342 e. The first kappa shape index (κ1) is 16.9. The zero-order valence-electron chi connectivity index (χ0n) is 12.9. The van der Waals surface area contributed by atoms with Crippen LogP contribution in [0.1, 0.15) is 40.2 Å². The zero-order valence-corrected chi connectivity index (χ0v) is 13.6. The maximum atomic E-state index is 12.3. The normalized spacial score (nSPS) is 11.8. The van der Waals surface area contributed by atoms with Crippen LogP contribution in [0.25, 0.3) is 0 Å². The number of benzene rings is 1. The van der Waals surface area contributed by atoms with Crippen molar-refractivity contribution in [3.05, 3.63) is 68.0 Å². The van der Waals surface area contributed by atoms with Crippen LogP contribution in [0.4, 0.5) is 5.69 Å². The lowest BCUT2D eigenvalue weighted by Gasteiger charge is -2.15. The topological polar surface area (TPSA) is 82.3 Å². The molecule has 0 aliphatic heterocycles. The number of hydrogen-bond acceptors (Lipinski definition) is 5. The van der Waals surface area contributed by atoms with Gasteiger partial charge in [-0.1, -0.05) is 23.7 Å². The summed E-state index contributed by atoms with van der Waals surface area (Å²) in [6, 6.07) is 7.69. The molecule has 1 aromatic heterocycles. The van der Waals surface area contributed by atoms with E-state index in [4.69, 9.17) is 16.3 Å². The molecule has 0 spiro atoms. The van der Waals surface area contributed by atoms with Gasteiger partial charge >= 0.3 is 5.97 Å². The van der Waals surface area contributed by atoms with Crippen LogP contribution < -0.4 is 0 Å². The van der Waals surface area contributed by atoms with E-state index in [1.165, 1.54) is 12.1 Å². The van der Waals surface area contributed by atoms with Crippen molar-refractivity contribution >= 4 is 23.3 Å². The molecular weight excluding hydrogens is 320 g/mol. The van der Waals surface area contributed by atoms with Crippen LogP contribution in [0.3, 0.4) is 0 Å². The fourth-order valence-electron chi connectivity index (χ4n) is 2.22. The molecule has 23 heavy (non-hydrogen) atoms. The number of carbonyl (C=O) groups excluding carboxylic acids is 1. The second-order valence-electron chi connectivity index (χ2n) is 5.15. The molecule has 1 heterocycles. The third-order valence-electron chi connectivity index (χ3n) is 3.34. The minimum absolute atomic E-state index is 0.0587. The third kappa shape index (κ3) is 3.84. The molecule has 2 rings (SSSR count). The van der Waals surface area contributed by atoms with Gasteiger partial charge in [-0.05, 0) is 38.0 Å². The number of hydrogen-bond donors (Lipinski definition) is 0. The fourth-order valence-corrected chi connectivity index (χ4v) is 2.57. The average molecular weight is 335 g/mol. The number of rotatable bonds is 4. The number of ether oxygens (including phenoxy) is 1. The van der Waals surface area contributed by atoms with Crippen molar-refractivity contribution in [2.75, 3.05) is 0 Å². The Labute approximate surface area is 138 Å². The van der Waals surface area contributed by atoms with Gasteiger partial charge in [0.15, 0.2) is 0 Å². The van der Waals surface area contributed by atoms with E-state index in [0.29, 0.717) is 16.8 Å². The number of nitrogens with zero attached hydrogens (tertiary/aromatic N) is 2. The van der Waals surface area contributed by atoms with E-state index in [-0.39, 0.29) is 16.4 Å². The molecule has 1 aromatic carbocycles. The lowest BCUT2D eigenvalue weighted by Crippen LogP contribution is -2.12. The van der Waals surface area contributed by atoms with Crippen LogP contribution in [0.5, 0.6) is 0 Å². The predicted molar refractivity (Wildman–Crippen MR) is 85.6 cm³/mol. The Balaban J connectivity index is 2.24. The number of aromatic nitrogens is 1. The van der Waals surface area contributed by atoms with Crippen molar-refractivity contribution in [1.29, 1.82) is 0 Å². The van der Waals surface area contributed by atoms with Crippen molar-refractivity contribution in [2.24, 2.45) is 0 Å². The molecule has 0 bridgehead atoms. The molecular formula is C16H15ClN2O4. The molecule has 0 aliphatic rings. The molecule has 0 aliphatic carbocycles. The van der Waals surface area contributed by atoms with Crippen LogP contribution in [-0.4, -0.2) is 15.9 Å². The van der Waals surface area contributed by atoms with Crippen LogP contribution >= 0.6 is 11.6 Å². The third-order valence-corrected chi connectivity index (χ3v) is 3.61. The van der Waals surface area contributed by atoms with Crippen molar-refractivity contribution in [1.82, 2.24) is 4.98 Å². The molecule has 120 valence electrons. The summed E-state index contributed by atoms with van der Waals surface area (Å²) in [5.41, 5.74) is 2.04. The number of nitro benzene ring substituents is 1. The predicted octanol–water partition coefficient (Wildman–Crippen LogP) is 4.18. The lowest BCUT2D eigenvalue weighted by molar-refractivity contribution is -0.385. The molecule has 0 unspecified atom stereocenters. The van der Waals surface area contributed by atoms with Crippen molar-refractivity contribution in [3.63, 3.8) is 0 Å². The average Bonchev–Trinajstić information content (AvgIpc) is 2.46. The molecule has 0 fully saturated rings. The van der Waals surface area contributed by atoms with Crippen molar-refractivity contribution in [3.8, 4) is 0 Å². The largest absolute Gasteiger partial charge is 0.454 e. The Hall–Kier alpha value is -2.47. The highest BCUT2D eigenvalue weighted by atomic mass is 35.5. The van der Waals surface area contributed by atoms with Crippen molar-refractivity contribution < 1.29 is 14.5 Å². The molecule has 0 amide bonds. The molecule has 1 atom stereocenters. The standard InChI is InChI=1S/C16H15ClN2O4/c1-9-7-10(2)18-15(17)14(9)16(20)23-11(3)12-5-4-6-13(8-12)19(21)22/h4-8,11H,1-3H3/t11-/m0/s1. The van der Waals surface area contributed by atoms with Crippen molar-refractivity contribution in [2.45, 2.75) is 26.9 Å². The number of non-ortho nitro benzene ring substituents is 1. The number of aryl methyl sites for hydroxylation is 2. The van der Waals surface area contributed by atoms with Gasteiger partial charge in [0.05, 0.1) is 10.5 Å². The van der Waals surface area contributed by atoms with E-state index < -0.39 is 17.0 Å². The Bertz CT molecular complexity index is 753. The van der Waals surface area contributed by atoms with Crippen LogP contribution in [-0.2, 0) is 4.74 Å². The maximum absolute atomic E-state index is 12.3. The summed E-state index contributed by atoms with van der Waals surface area (Å²) in [5.74, 6) is -0.612. The van der Waals surface area contributed by atoms with Gasteiger partial charge < -0.3 is 4.74 Å². The van der Waals surface area contributed by atoms with Gasteiger partial charge in [0.2, 0.25) is 0 Å². The van der Waals surface area contributed by atoms with Crippen LogP contribution in [0.2, 0.25) is 5.15 Å². The molecule has 6 nitrogen and oxygen atoms in total. The summed E-state index contributed by atoms with van der Waals surface area (Å²) >= 11 is 6.02. The molecule has 0 saturated carbocycles. The van der Waals surface area contributed by atoms with Gasteiger partial charge in [0, 0.05) is 17.8 Å². The summed E-state index contributed by atoms with van der Waals surface area (Å²) in [6.07, 6.45) is -0.654. The number of nitro groups is 1. The molecule has 0 N–H and O–H groups in total. The molecule has 0 saturated heterocycles. The highest BCUT2D eigenvalue weighted by molar-refractivity contribution is 6.32. The Kier molecular flexibility index (Phi) is 4.95. The van der Waals surface area contributed by atoms with E-state index in [1.807, 2.05) is 0 Å². The second kappa shape index (κ2) is 6.75. The lowest BCUT2D eigenvalue weighted by atomic mass is 10.1. The van der Waals surface area contributed by atoms with E-state index in [1.54, 1.807) is 39.0 Å². The Morgan fingerprint density at radius 3 is 2.65 bits per heavy atom. The first-order valence-corrected chi connectivity index (χ1v) is 7.26. The second-order valence-corrected chi connectivity index (χ2v) is 5.50. The highest BCUT2D eigenvalue weighted by Crippen LogP contribution is 2.25. The SMILES string of the molecule is Cc1cc(C)c(C(=O)O[C@@H](C)c2cccc([N+](=O)[O-])c2)c(Cl)n1. The van der Waals surface area contributed by atoms with Gasteiger partial charge in [-0.15, -0.1) is 0 Å². The fraction of sp³-hybridized carbons (Fsp3) is 0.250. The minimum atomic E-state index is -0.654.